The Bertz CT molecular complexity index is 447. The SMILES string of the molecule is Cc1ccc(CNCc2ccc(Cl)cc2)s1. The average molecular weight is 252 g/mol. The maximum absolute atomic E-state index is 5.83. The summed E-state index contributed by atoms with van der Waals surface area (Å²) in [5, 5.41) is 4.21. The molecule has 84 valence electrons. The number of hydrogen-bond acceptors (Lipinski definition) is 2. The van der Waals surface area contributed by atoms with Crippen molar-refractivity contribution in [3.8, 4) is 0 Å². The molecule has 2 rings (SSSR count). The first-order valence-electron chi connectivity index (χ1n) is 5.24. The maximum Gasteiger partial charge on any atom is 0.0406 e. The molecule has 1 nitrogen and oxygen atoms in total. The van der Waals surface area contributed by atoms with Crippen LogP contribution in [0.1, 0.15) is 15.3 Å². The average Bonchev–Trinajstić information content (AvgIpc) is 2.67. The number of halogens is 1. The van der Waals surface area contributed by atoms with Crippen LogP contribution in [0.4, 0.5) is 0 Å². The molecule has 0 aliphatic heterocycles. The van der Waals surface area contributed by atoms with Gasteiger partial charge in [0.2, 0.25) is 0 Å². The van der Waals surface area contributed by atoms with Crippen molar-refractivity contribution >= 4 is 22.9 Å². The summed E-state index contributed by atoms with van der Waals surface area (Å²) in [6, 6.07) is 12.3. The summed E-state index contributed by atoms with van der Waals surface area (Å²) in [7, 11) is 0. The number of thiophene rings is 1. The standard InChI is InChI=1S/C13H14ClNS/c1-10-2-7-13(16-10)9-15-8-11-3-5-12(14)6-4-11/h2-7,15H,8-9H2,1H3. The van der Waals surface area contributed by atoms with E-state index < -0.39 is 0 Å². The van der Waals surface area contributed by atoms with Gasteiger partial charge in [-0.2, -0.15) is 0 Å². The van der Waals surface area contributed by atoms with Crippen molar-refractivity contribution < 1.29 is 0 Å². The Morgan fingerprint density at radius 2 is 1.81 bits per heavy atom. The Balaban J connectivity index is 1.82. The Labute approximate surface area is 105 Å². The molecule has 3 heteroatoms. The molecule has 1 heterocycles. The molecule has 0 amide bonds. The van der Waals surface area contributed by atoms with Gasteiger partial charge in [0.25, 0.3) is 0 Å². The molecule has 16 heavy (non-hydrogen) atoms. The fourth-order valence-electron chi connectivity index (χ4n) is 1.51. The zero-order valence-electron chi connectivity index (χ0n) is 9.16. The lowest BCUT2D eigenvalue weighted by atomic mass is 10.2. The first-order valence-corrected chi connectivity index (χ1v) is 6.44. The molecule has 0 radical (unpaired) electrons. The van der Waals surface area contributed by atoms with Gasteiger partial charge >= 0.3 is 0 Å². The highest BCUT2D eigenvalue weighted by atomic mass is 35.5. The Morgan fingerprint density at radius 1 is 1.06 bits per heavy atom. The number of aryl methyl sites for hydroxylation is 1. The summed E-state index contributed by atoms with van der Waals surface area (Å²) in [5.74, 6) is 0. The van der Waals surface area contributed by atoms with E-state index in [0.29, 0.717) is 0 Å². The van der Waals surface area contributed by atoms with Crippen LogP contribution in [0.25, 0.3) is 0 Å². The Hall–Kier alpha value is -0.830. The van der Waals surface area contributed by atoms with Gasteiger partial charge in [-0.3, -0.25) is 0 Å². The van der Waals surface area contributed by atoms with Crippen molar-refractivity contribution in [2.24, 2.45) is 0 Å². The van der Waals surface area contributed by atoms with Crippen LogP contribution in [0.15, 0.2) is 36.4 Å². The normalized spacial score (nSPS) is 10.6. The van der Waals surface area contributed by atoms with E-state index in [1.54, 1.807) is 0 Å². The predicted octanol–water partition coefficient (Wildman–Crippen LogP) is 4.00. The van der Waals surface area contributed by atoms with Gasteiger partial charge in [-0.1, -0.05) is 23.7 Å². The third-order valence-corrected chi connectivity index (χ3v) is 3.59. The van der Waals surface area contributed by atoms with E-state index in [0.717, 1.165) is 18.1 Å². The highest BCUT2D eigenvalue weighted by molar-refractivity contribution is 7.11. The van der Waals surface area contributed by atoms with E-state index >= 15 is 0 Å². The third-order valence-electron chi connectivity index (χ3n) is 2.34. The maximum atomic E-state index is 5.83. The lowest BCUT2D eigenvalue weighted by molar-refractivity contribution is 0.701. The van der Waals surface area contributed by atoms with Crippen molar-refractivity contribution in [3.63, 3.8) is 0 Å². The second-order valence-electron chi connectivity index (χ2n) is 3.74. The molecule has 1 N–H and O–H groups in total. The minimum absolute atomic E-state index is 0.789. The monoisotopic (exact) mass is 251 g/mol. The summed E-state index contributed by atoms with van der Waals surface area (Å²) in [6.07, 6.45) is 0. The first kappa shape index (κ1) is 11.6. The molecular weight excluding hydrogens is 238 g/mol. The van der Waals surface area contributed by atoms with Crippen molar-refractivity contribution in [1.82, 2.24) is 5.32 Å². The lowest BCUT2D eigenvalue weighted by Crippen LogP contribution is -2.11. The highest BCUT2D eigenvalue weighted by Gasteiger charge is 1.97. The molecule has 0 aliphatic carbocycles. The summed E-state index contributed by atoms with van der Waals surface area (Å²) in [6.45, 7) is 3.95. The molecule has 0 atom stereocenters. The van der Waals surface area contributed by atoms with E-state index in [4.69, 9.17) is 11.6 Å². The van der Waals surface area contributed by atoms with Crippen LogP contribution in [0.3, 0.4) is 0 Å². The van der Waals surface area contributed by atoms with Gasteiger partial charge in [0.15, 0.2) is 0 Å². The van der Waals surface area contributed by atoms with E-state index in [2.05, 4.69) is 36.5 Å². The summed E-state index contributed by atoms with van der Waals surface area (Å²) in [5.41, 5.74) is 1.26. The van der Waals surface area contributed by atoms with Gasteiger partial charge in [0.1, 0.15) is 0 Å². The number of nitrogens with one attached hydrogen (secondary N) is 1. The van der Waals surface area contributed by atoms with Crippen molar-refractivity contribution in [1.29, 1.82) is 0 Å². The zero-order chi connectivity index (χ0) is 11.4. The largest absolute Gasteiger partial charge is 0.308 e. The molecule has 0 spiro atoms. The second-order valence-corrected chi connectivity index (χ2v) is 5.55. The molecule has 1 aromatic heterocycles. The van der Waals surface area contributed by atoms with Crippen LogP contribution in [-0.2, 0) is 13.1 Å². The van der Waals surface area contributed by atoms with Gasteiger partial charge in [-0.05, 0) is 36.8 Å². The predicted molar refractivity (Wildman–Crippen MR) is 71.1 cm³/mol. The van der Waals surface area contributed by atoms with Gasteiger partial charge in [-0.15, -0.1) is 11.3 Å². The van der Waals surface area contributed by atoms with Crippen LogP contribution >= 0.6 is 22.9 Å². The summed E-state index contributed by atoms with van der Waals surface area (Å²) >= 11 is 7.67. The van der Waals surface area contributed by atoms with Gasteiger partial charge < -0.3 is 5.32 Å². The third kappa shape index (κ3) is 3.34. The van der Waals surface area contributed by atoms with Crippen molar-refractivity contribution in [2.75, 3.05) is 0 Å². The molecule has 0 unspecified atom stereocenters. The lowest BCUT2D eigenvalue weighted by Gasteiger charge is -2.03. The van der Waals surface area contributed by atoms with Gasteiger partial charge in [0.05, 0.1) is 0 Å². The van der Waals surface area contributed by atoms with E-state index in [-0.39, 0.29) is 0 Å². The van der Waals surface area contributed by atoms with Crippen LogP contribution in [0.2, 0.25) is 5.02 Å². The number of hydrogen-bond donors (Lipinski definition) is 1. The van der Waals surface area contributed by atoms with Crippen LogP contribution in [0, 0.1) is 6.92 Å². The molecule has 1 aromatic carbocycles. The van der Waals surface area contributed by atoms with E-state index in [1.807, 2.05) is 23.5 Å². The molecular formula is C13H14ClNS. The zero-order valence-corrected chi connectivity index (χ0v) is 10.7. The van der Waals surface area contributed by atoms with Crippen molar-refractivity contribution in [3.05, 3.63) is 56.7 Å². The van der Waals surface area contributed by atoms with Gasteiger partial charge in [-0.25, -0.2) is 0 Å². The van der Waals surface area contributed by atoms with Crippen LogP contribution in [0.5, 0.6) is 0 Å². The van der Waals surface area contributed by atoms with Crippen LogP contribution < -0.4 is 5.32 Å². The fourth-order valence-corrected chi connectivity index (χ4v) is 2.50. The molecule has 0 fully saturated rings. The summed E-state index contributed by atoms with van der Waals surface area (Å²) < 4.78 is 0. The quantitative estimate of drug-likeness (QED) is 0.866. The van der Waals surface area contributed by atoms with Crippen LogP contribution in [-0.4, -0.2) is 0 Å². The fraction of sp³-hybridized carbons (Fsp3) is 0.231. The Kier molecular flexibility index (Phi) is 3.99. The molecule has 2 aromatic rings. The topological polar surface area (TPSA) is 12.0 Å². The number of rotatable bonds is 4. The smallest absolute Gasteiger partial charge is 0.0406 e. The number of benzene rings is 1. The second kappa shape index (κ2) is 5.48. The molecule has 0 bridgehead atoms. The molecule has 0 saturated carbocycles. The highest BCUT2D eigenvalue weighted by Crippen LogP contribution is 2.15. The van der Waals surface area contributed by atoms with E-state index in [9.17, 15) is 0 Å². The summed E-state index contributed by atoms with van der Waals surface area (Å²) in [4.78, 5) is 2.75. The minimum atomic E-state index is 0.789. The van der Waals surface area contributed by atoms with Crippen molar-refractivity contribution in [2.45, 2.75) is 20.0 Å². The first-order chi connectivity index (χ1) is 7.74. The Morgan fingerprint density at radius 3 is 2.44 bits per heavy atom. The molecule has 0 aliphatic rings. The van der Waals surface area contributed by atoms with Gasteiger partial charge in [0, 0.05) is 27.9 Å². The van der Waals surface area contributed by atoms with E-state index in [1.165, 1.54) is 15.3 Å². The molecule has 0 saturated heterocycles. The minimum Gasteiger partial charge on any atom is -0.308 e.